The van der Waals surface area contributed by atoms with Crippen molar-refractivity contribution in [2.24, 2.45) is 11.8 Å². The van der Waals surface area contributed by atoms with Gasteiger partial charge in [-0.25, -0.2) is 9.59 Å². The van der Waals surface area contributed by atoms with Crippen LogP contribution in [-0.2, 0) is 64.0 Å². The van der Waals surface area contributed by atoms with Gasteiger partial charge in [-0.05, 0) is 104 Å². The number of nitrogens with zero attached hydrogens (tertiary/aromatic N) is 6. The number of carbonyl (C=O) groups excluding carboxylic acids is 12. The highest BCUT2D eigenvalue weighted by Gasteiger charge is 2.41. The zero-order valence-corrected chi connectivity index (χ0v) is 50.7. The summed E-state index contributed by atoms with van der Waals surface area (Å²) in [5, 5.41) is 15.8. The first-order chi connectivity index (χ1) is 38.9. The maximum atomic E-state index is 14.7. The van der Waals surface area contributed by atoms with Crippen LogP contribution in [0.1, 0.15) is 120 Å². The van der Waals surface area contributed by atoms with E-state index in [1.807, 2.05) is 0 Å². The minimum Gasteiger partial charge on any atom is -0.445 e. The predicted molar refractivity (Wildman–Crippen MR) is 304 cm³/mol. The van der Waals surface area contributed by atoms with E-state index in [4.69, 9.17) is 9.47 Å². The molecule has 0 radical (unpaired) electrons. The van der Waals surface area contributed by atoms with Gasteiger partial charge < -0.3 is 70.8 Å². The Morgan fingerprint density at radius 3 is 1.33 bits per heavy atom. The molecule has 0 aromatic heterocycles. The van der Waals surface area contributed by atoms with Gasteiger partial charge in [-0.1, -0.05) is 58.0 Å². The lowest BCUT2D eigenvalue weighted by molar-refractivity contribution is -0.147. The van der Waals surface area contributed by atoms with E-state index < -0.39 is 176 Å². The molecule has 3 aliphatic rings. The maximum absolute atomic E-state index is 14.7. The van der Waals surface area contributed by atoms with Crippen molar-refractivity contribution in [3.8, 4) is 0 Å². The second-order valence-corrected chi connectivity index (χ2v) is 23.6. The molecule has 462 valence electrons. The molecular weight excluding hydrogens is 1080 g/mol. The van der Waals surface area contributed by atoms with E-state index in [1.54, 1.807) is 106 Å². The molecule has 0 unspecified atom stereocenters. The van der Waals surface area contributed by atoms with Crippen LogP contribution in [0.5, 0.6) is 0 Å². The van der Waals surface area contributed by atoms with Gasteiger partial charge in [0.2, 0.25) is 59.1 Å². The Morgan fingerprint density at radius 2 is 0.952 bits per heavy atom. The van der Waals surface area contributed by atoms with Gasteiger partial charge in [0, 0.05) is 52.4 Å². The topological polar surface area (TPSA) is 315 Å². The second-order valence-electron chi connectivity index (χ2n) is 23.6. The molecule has 4 rings (SSSR count). The fourth-order valence-corrected chi connectivity index (χ4v) is 10.3. The molecule has 12 amide bonds. The van der Waals surface area contributed by atoms with E-state index in [0.29, 0.717) is 31.2 Å². The highest BCUT2D eigenvalue weighted by Crippen LogP contribution is 2.22. The average Bonchev–Trinajstić information content (AvgIpc) is 3.49. The first-order valence-corrected chi connectivity index (χ1v) is 28.7. The lowest BCUT2D eigenvalue weighted by Gasteiger charge is -2.38. The number of hydrogen-bond donors (Lipinski definition) is 6. The van der Waals surface area contributed by atoms with Crippen molar-refractivity contribution in [3.63, 3.8) is 0 Å². The lowest BCUT2D eigenvalue weighted by Crippen LogP contribution is -2.62. The van der Waals surface area contributed by atoms with Crippen LogP contribution in [-0.4, -0.2) is 221 Å². The molecule has 0 saturated carbocycles. The van der Waals surface area contributed by atoms with Crippen molar-refractivity contribution < 1.29 is 67.0 Å². The number of rotatable bonds is 8. The Balaban J connectivity index is 1.74. The van der Waals surface area contributed by atoms with Crippen molar-refractivity contribution in [3.05, 3.63) is 35.9 Å². The third-order valence-electron chi connectivity index (χ3n) is 14.7. The van der Waals surface area contributed by atoms with Crippen molar-refractivity contribution in [2.45, 2.75) is 175 Å². The lowest BCUT2D eigenvalue weighted by atomic mass is 9.99. The Hall–Kier alpha value is -7.54. The monoisotopic (exact) mass is 1170 g/mol. The number of hydrogen-bond acceptors (Lipinski definition) is 14. The molecule has 0 aliphatic carbocycles. The zero-order chi connectivity index (χ0) is 62.0. The van der Waals surface area contributed by atoms with Crippen molar-refractivity contribution in [2.75, 3.05) is 66.5 Å². The van der Waals surface area contributed by atoms with Gasteiger partial charge in [0.15, 0.2) is 0 Å². The Bertz CT molecular complexity index is 2480. The van der Waals surface area contributed by atoms with E-state index in [2.05, 4.69) is 31.9 Å². The van der Waals surface area contributed by atoms with Gasteiger partial charge in [0.1, 0.15) is 61.5 Å². The summed E-state index contributed by atoms with van der Waals surface area (Å²) in [6.45, 7) is 15.0. The third kappa shape index (κ3) is 19.8. The van der Waals surface area contributed by atoms with E-state index in [1.165, 1.54) is 43.5 Å². The summed E-state index contributed by atoms with van der Waals surface area (Å²) < 4.78 is 10.9. The summed E-state index contributed by atoms with van der Waals surface area (Å²) in [5.41, 5.74) is -0.339. The first-order valence-electron chi connectivity index (χ1n) is 28.7. The van der Waals surface area contributed by atoms with Crippen molar-refractivity contribution in [1.82, 2.24) is 61.3 Å². The molecule has 83 heavy (non-hydrogen) atoms. The molecule has 6 atom stereocenters. The quantitative estimate of drug-likeness (QED) is 0.211. The highest BCUT2D eigenvalue weighted by molar-refractivity contribution is 5.97. The SMILES string of the molecule is CC(C)[C@H]1C(=O)NC[C@@H](NC(=O)OC(C)(C)C)C(=O)N2CCCC[C@H]2C(=O)NCC(=O)N(C(C)C)CC(=O)N(C)[C@@H](C(C)C)C(=O)NC[C@@H](NC(=O)OCc2ccccc2)C(=O)N2CCCC[C@H]2C(=O)NCC(=O)N(C(C)C)CC(=O)N1C. The summed E-state index contributed by atoms with van der Waals surface area (Å²) in [7, 11) is 2.77. The molecule has 3 saturated heterocycles. The van der Waals surface area contributed by atoms with Crippen LogP contribution in [0.25, 0.3) is 0 Å². The molecular formula is C57H90N12O14. The average molecular weight is 1170 g/mol. The van der Waals surface area contributed by atoms with E-state index in [9.17, 15) is 57.5 Å². The first kappa shape index (κ1) is 68.0. The van der Waals surface area contributed by atoms with E-state index >= 15 is 0 Å². The fraction of sp³-hybridized carbons (Fsp3) is 0.684. The number of alkyl carbamates (subject to hydrolysis) is 2. The molecule has 0 bridgehead atoms. The van der Waals surface area contributed by atoms with Crippen molar-refractivity contribution in [1.29, 1.82) is 0 Å². The molecule has 1 aromatic rings. The third-order valence-corrected chi connectivity index (χ3v) is 14.7. The molecule has 26 heteroatoms. The van der Waals surface area contributed by atoms with Gasteiger partial charge in [-0.3, -0.25) is 47.9 Å². The molecule has 26 nitrogen and oxygen atoms in total. The minimum absolute atomic E-state index is 0.0659. The second kappa shape index (κ2) is 31.2. The largest absolute Gasteiger partial charge is 0.445 e. The number of piperidine rings is 2. The summed E-state index contributed by atoms with van der Waals surface area (Å²) in [5.74, 6) is -7.98. The number of carbonyl (C=O) groups is 12. The number of nitrogens with one attached hydrogen (secondary N) is 6. The summed E-state index contributed by atoms with van der Waals surface area (Å²) in [4.78, 5) is 176. The smallest absolute Gasteiger partial charge is 0.408 e. The molecule has 3 heterocycles. The van der Waals surface area contributed by atoms with Gasteiger partial charge in [-0.2, -0.15) is 0 Å². The Kier molecular flexibility index (Phi) is 25.6. The normalized spacial score (nSPS) is 23.9. The molecule has 3 fully saturated rings. The van der Waals surface area contributed by atoms with Gasteiger partial charge in [0.25, 0.3) is 0 Å². The van der Waals surface area contributed by atoms with Crippen LogP contribution < -0.4 is 31.9 Å². The Labute approximate surface area is 487 Å². The molecule has 1 aromatic carbocycles. The van der Waals surface area contributed by atoms with E-state index in [0.717, 1.165) is 0 Å². The van der Waals surface area contributed by atoms with Crippen LogP contribution in [0.3, 0.4) is 0 Å². The van der Waals surface area contributed by atoms with Gasteiger partial charge >= 0.3 is 12.2 Å². The predicted octanol–water partition coefficient (Wildman–Crippen LogP) is 0.855. The fourth-order valence-electron chi connectivity index (χ4n) is 10.3. The van der Waals surface area contributed by atoms with Gasteiger partial charge in [-0.15, -0.1) is 0 Å². The molecule has 0 spiro atoms. The minimum atomic E-state index is -1.50. The van der Waals surface area contributed by atoms with Crippen LogP contribution in [0.4, 0.5) is 9.59 Å². The standard InChI is InChI=1S/C57H90N12O14/c1-34(2)47-51(76)58-27-39(62-55(80)82-33-38-21-15-14-16-22-38)53(78)66-25-19-17-23-41(66)49(74)60-29-43(70)69(37(7)8)32-46(73)65(13)48(35(3)4)52(77)59-28-40(63-56(81)83-57(9,10)11)54(79)67-26-20-18-24-42(67)50(75)61-30-44(71)68(36(5)6)31-45(72)64(47)12/h14-16,21-22,34-37,39-42,47-48H,17-20,23-33H2,1-13H3,(H,58,76)(H,59,77)(H,60,74)(H,61,75)(H,62,80)(H,63,81)/t39-,40-,41+,42+,47+,48+/m1/s1. The summed E-state index contributed by atoms with van der Waals surface area (Å²) in [6, 6.07) is -0.00616. The van der Waals surface area contributed by atoms with Crippen LogP contribution >= 0.6 is 0 Å². The van der Waals surface area contributed by atoms with Crippen molar-refractivity contribution >= 4 is 71.3 Å². The van der Waals surface area contributed by atoms with Crippen LogP contribution in [0.2, 0.25) is 0 Å². The number of amides is 12. The zero-order valence-electron chi connectivity index (χ0n) is 50.7. The number of benzene rings is 1. The summed E-state index contributed by atoms with van der Waals surface area (Å²) in [6.07, 6.45) is 0.369. The molecule has 3 aliphatic heterocycles. The van der Waals surface area contributed by atoms with Crippen LogP contribution in [0.15, 0.2) is 30.3 Å². The Morgan fingerprint density at radius 1 is 0.554 bits per heavy atom. The maximum Gasteiger partial charge on any atom is 0.408 e. The number of fused-ring (bicyclic) bond motifs is 2. The van der Waals surface area contributed by atoms with Crippen LogP contribution in [0, 0.1) is 11.8 Å². The van der Waals surface area contributed by atoms with E-state index in [-0.39, 0.29) is 32.5 Å². The molecule has 6 N–H and O–H groups in total. The highest BCUT2D eigenvalue weighted by atomic mass is 16.6. The number of ether oxygens (including phenoxy) is 2. The summed E-state index contributed by atoms with van der Waals surface area (Å²) >= 11 is 0. The number of likely N-dealkylation sites (N-methyl/N-ethyl adjacent to an activating group) is 2. The van der Waals surface area contributed by atoms with Gasteiger partial charge in [0.05, 0.1) is 13.1 Å².